The van der Waals surface area contributed by atoms with Crippen molar-refractivity contribution in [3.63, 3.8) is 0 Å². The number of hydrogen-bond acceptors (Lipinski definition) is 6. The second kappa shape index (κ2) is 8.62. The highest BCUT2D eigenvalue weighted by Gasteiger charge is 2.22. The van der Waals surface area contributed by atoms with Crippen LogP contribution in [-0.4, -0.2) is 43.1 Å². The van der Waals surface area contributed by atoms with E-state index in [1.54, 1.807) is 29.5 Å². The highest BCUT2D eigenvalue weighted by atomic mass is 32.1. The Balaban J connectivity index is 1.18. The fourth-order valence-corrected chi connectivity index (χ4v) is 4.20. The minimum absolute atomic E-state index is 0.166. The summed E-state index contributed by atoms with van der Waals surface area (Å²) in [6, 6.07) is 9.28. The van der Waals surface area contributed by atoms with E-state index < -0.39 is 11.8 Å². The van der Waals surface area contributed by atoms with Gasteiger partial charge in [-0.1, -0.05) is 6.07 Å². The van der Waals surface area contributed by atoms with E-state index in [1.165, 1.54) is 4.88 Å². The first-order valence-electron chi connectivity index (χ1n) is 9.41. The van der Waals surface area contributed by atoms with Crippen molar-refractivity contribution in [2.75, 3.05) is 31.7 Å². The molecule has 1 fully saturated rings. The third kappa shape index (κ3) is 4.63. The van der Waals surface area contributed by atoms with E-state index >= 15 is 0 Å². The summed E-state index contributed by atoms with van der Waals surface area (Å²) >= 11 is 1.78. The van der Waals surface area contributed by atoms with Gasteiger partial charge >= 0.3 is 11.8 Å². The van der Waals surface area contributed by atoms with Crippen LogP contribution in [0.3, 0.4) is 0 Å². The lowest BCUT2D eigenvalue weighted by atomic mass is 9.97. The van der Waals surface area contributed by atoms with Crippen molar-refractivity contribution in [3.05, 3.63) is 40.6 Å². The number of anilines is 1. The molecular formula is C20H23N3O4S. The molecule has 0 unspecified atom stereocenters. The predicted octanol–water partition coefficient (Wildman–Crippen LogP) is 2.44. The van der Waals surface area contributed by atoms with Crippen molar-refractivity contribution < 1.29 is 19.1 Å². The van der Waals surface area contributed by atoms with E-state index in [2.05, 4.69) is 33.0 Å². The average Bonchev–Trinajstić information content (AvgIpc) is 3.38. The van der Waals surface area contributed by atoms with Crippen LogP contribution >= 0.6 is 11.3 Å². The first-order chi connectivity index (χ1) is 13.7. The number of amides is 2. The number of hydrogen-bond donors (Lipinski definition) is 2. The van der Waals surface area contributed by atoms with Gasteiger partial charge in [0, 0.05) is 29.7 Å². The number of ether oxygens (including phenoxy) is 2. The zero-order valence-corrected chi connectivity index (χ0v) is 16.3. The smallest absolute Gasteiger partial charge is 0.313 e. The third-order valence-electron chi connectivity index (χ3n) is 5.05. The van der Waals surface area contributed by atoms with Gasteiger partial charge in [-0.25, -0.2) is 0 Å². The Morgan fingerprint density at radius 1 is 1.11 bits per heavy atom. The topological polar surface area (TPSA) is 79.9 Å². The van der Waals surface area contributed by atoms with Crippen LogP contribution in [0.4, 0.5) is 5.69 Å². The number of benzene rings is 1. The van der Waals surface area contributed by atoms with E-state index in [0.717, 1.165) is 32.5 Å². The SMILES string of the molecule is O=C(NCC1CCN(Cc2cccs2)CC1)C(=O)Nc1ccc2c(c1)OCO2. The van der Waals surface area contributed by atoms with Crippen molar-refractivity contribution in [2.24, 2.45) is 5.92 Å². The molecule has 1 saturated heterocycles. The molecule has 1 aromatic carbocycles. The van der Waals surface area contributed by atoms with E-state index in [4.69, 9.17) is 9.47 Å². The lowest BCUT2D eigenvalue weighted by Gasteiger charge is -2.31. The number of fused-ring (bicyclic) bond motifs is 1. The molecule has 2 aliphatic heterocycles. The number of carbonyl (C=O) groups excluding carboxylic acids is 2. The Hall–Kier alpha value is -2.58. The van der Waals surface area contributed by atoms with Crippen molar-refractivity contribution in [1.29, 1.82) is 0 Å². The van der Waals surface area contributed by atoms with Crippen LogP contribution in [0.15, 0.2) is 35.7 Å². The van der Waals surface area contributed by atoms with Gasteiger partial charge in [-0.3, -0.25) is 14.5 Å². The number of piperidine rings is 1. The van der Waals surface area contributed by atoms with E-state index in [9.17, 15) is 9.59 Å². The summed E-state index contributed by atoms with van der Waals surface area (Å²) in [5, 5.41) is 7.46. The van der Waals surface area contributed by atoms with Gasteiger partial charge < -0.3 is 20.1 Å². The third-order valence-corrected chi connectivity index (χ3v) is 5.92. The Morgan fingerprint density at radius 3 is 2.71 bits per heavy atom. The fourth-order valence-electron chi connectivity index (χ4n) is 3.45. The van der Waals surface area contributed by atoms with E-state index in [-0.39, 0.29) is 6.79 Å². The van der Waals surface area contributed by atoms with Gasteiger partial charge in [0.2, 0.25) is 6.79 Å². The Labute approximate surface area is 167 Å². The lowest BCUT2D eigenvalue weighted by Crippen LogP contribution is -2.41. The largest absolute Gasteiger partial charge is 0.454 e. The summed E-state index contributed by atoms with van der Waals surface area (Å²) in [6.45, 7) is 3.72. The van der Waals surface area contributed by atoms with Crippen LogP contribution in [0.25, 0.3) is 0 Å². The molecule has 2 amide bonds. The molecule has 0 saturated carbocycles. The van der Waals surface area contributed by atoms with Gasteiger partial charge in [0.15, 0.2) is 11.5 Å². The molecule has 3 heterocycles. The molecular weight excluding hydrogens is 378 g/mol. The molecule has 8 heteroatoms. The first-order valence-corrected chi connectivity index (χ1v) is 10.3. The molecule has 7 nitrogen and oxygen atoms in total. The summed E-state index contributed by atoms with van der Waals surface area (Å²) in [4.78, 5) is 28.0. The van der Waals surface area contributed by atoms with E-state index in [1.807, 2.05) is 0 Å². The van der Waals surface area contributed by atoms with Crippen LogP contribution in [0.5, 0.6) is 11.5 Å². The number of thiophene rings is 1. The van der Waals surface area contributed by atoms with E-state index in [0.29, 0.717) is 29.6 Å². The average molecular weight is 401 g/mol. The van der Waals surface area contributed by atoms with Crippen LogP contribution < -0.4 is 20.1 Å². The van der Waals surface area contributed by atoms with Gasteiger partial charge in [0.25, 0.3) is 0 Å². The summed E-state index contributed by atoms with van der Waals surface area (Å²) in [7, 11) is 0. The van der Waals surface area contributed by atoms with Crippen LogP contribution in [0.1, 0.15) is 17.7 Å². The van der Waals surface area contributed by atoms with Gasteiger partial charge in [-0.15, -0.1) is 11.3 Å². The van der Waals surface area contributed by atoms with Crippen LogP contribution in [0.2, 0.25) is 0 Å². The maximum atomic E-state index is 12.1. The molecule has 0 atom stereocenters. The second-order valence-electron chi connectivity index (χ2n) is 7.03. The standard InChI is InChI=1S/C20H23N3O4S/c24-19(20(25)22-15-3-4-17-18(10-15)27-13-26-17)21-11-14-5-7-23(8-6-14)12-16-2-1-9-28-16/h1-4,9-10,14H,5-8,11-13H2,(H,21,24)(H,22,25). The molecule has 4 rings (SSSR count). The van der Waals surface area contributed by atoms with Crippen molar-refractivity contribution in [3.8, 4) is 11.5 Å². The fraction of sp³-hybridized carbons (Fsp3) is 0.400. The lowest BCUT2D eigenvalue weighted by molar-refractivity contribution is -0.136. The Morgan fingerprint density at radius 2 is 1.93 bits per heavy atom. The number of carbonyl (C=O) groups is 2. The van der Waals surface area contributed by atoms with Gasteiger partial charge in [-0.2, -0.15) is 0 Å². The van der Waals surface area contributed by atoms with Crippen molar-refractivity contribution in [1.82, 2.24) is 10.2 Å². The zero-order valence-electron chi connectivity index (χ0n) is 15.5. The predicted molar refractivity (Wildman–Crippen MR) is 107 cm³/mol. The molecule has 0 bridgehead atoms. The quantitative estimate of drug-likeness (QED) is 0.753. The first kappa shape index (κ1) is 18.8. The molecule has 2 aromatic rings. The van der Waals surface area contributed by atoms with Gasteiger partial charge in [0.05, 0.1) is 0 Å². The molecule has 0 aliphatic carbocycles. The molecule has 28 heavy (non-hydrogen) atoms. The zero-order chi connectivity index (χ0) is 19.3. The molecule has 2 N–H and O–H groups in total. The maximum Gasteiger partial charge on any atom is 0.313 e. The van der Waals surface area contributed by atoms with Crippen LogP contribution in [-0.2, 0) is 16.1 Å². The summed E-state index contributed by atoms with van der Waals surface area (Å²) in [6.07, 6.45) is 2.05. The number of nitrogens with zero attached hydrogens (tertiary/aromatic N) is 1. The van der Waals surface area contributed by atoms with Gasteiger partial charge in [0.1, 0.15) is 0 Å². The number of rotatable bonds is 5. The minimum atomic E-state index is -0.672. The summed E-state index contributed by atoms with van der Waals surface area (Å²) in [5.74, 6) is 0.315. The second-order valence-corrected chi connectivity index (χ2v) is 8.06. The highest BCUT2D eigenvalue weighted by Crippen LogP contribution is 2.34. The van der Waals surface area contributed by atoms with Gasteiger partial charge in [-0.05, 0) is 55.4 Å². The molecule has 1 aromatic heterocycles. The Bertz CT molecular complexity index is 832. The number of nitrogens with one attached hydrogen (secondary N) is 2. The summed E-state index contributed by atoms with van der Waals surface area (Å²) in [5.41, 5.74) is 0.506. The van der Waals surface area contributed by atoms with Crippen molar-refractivity contribution in [2.45, 2.75) is 19.4 Å². The summed E-state index contributed by atoms with van der Waals surface area (Å²) < 4.78 is 10.5. The highest BCUT2D eigenvalue weighted by molar-refractivity contribution is 7.09. The maximum absolute atomic E-state index is 12.1. The minimum Gasteiger partial charge on any atom is -0.454 e. The molecule has 0 spiro atoms. The van der Waals surface area contributed by atoms with Crippen molar-refractivity contribution >= 4 is 28.8 Å². The normalized spacial score (nSPS) is 16.7. The van der Waals surface area contributed by atoms with Crippen LogP contribution in [0, 0.1) is 5.92 Å². The monoisotopic (exact) mass is 401 g/mol. The Kier molecular flexibility index (Phi) is 5.78. The number of likely N-dealkylation sites (tertiary alicyclic amines) is 1. The molecule has 0 radical (unpaired) electrons. The molecule has 2 aliphatic rings. The molecule has 148 valence electrons.